The maximum absolute atomic E-state index is 10.5. The van der Waals surface area contributed by atoms with E-state index in [4.69, 9.17) is 5.73 Å². The zero-order chi connectivity index (χ0) is 8.85. The van der Waals surface area contributed by atoms with Gasteiger partial charge in [-0.3, -0.25) is 9.59 Å². The Morgan fingerprint density at radius 1 is 1.55 bits per heavy atom. The first-order valence-corrected chi connectivity index (χ1v) is 4.56. The van der Waals surface area contributed by atoms with Crippen LogP contribution in [0.25, 0.3) is 0 Å². The highest BCUT2D eigenvalue weighted by molar-refractivity contribution is 7.99. The molecule has 0 aliphatic heterocycles. The lowest BCUT2D eigenvalue weighted by molar-refractivity contribution is -0.120. The molecule has 0 aliphatic rings. The van der Waals surface area contributed by atoms with Crippen LogP contribution >= 0.6 is 11.8 Å². The van der Waals surface area contributed by atoms with Crippen molar-refractivity contribution in [3.05, 3.63) is 0 Å². The van der Waals surface area contributed by atoms with Crippen LogP contribution in [-0.4, -0.2) is 23.2 Å². The quantitative estimate of drug-likeness (QED) is 0.659. The van der Waals surface area contributed by atoms with Gasteiger partial charge in [-0.25, -0.2) is 0 Å². The summed E-state index contributed by atoms with van der Waals surface area (Å²) in [6, 6.07) is 0. The number of hydrogen-bond acceptors (Lipinski definition) is 3. The number of rotatable bonds is 5. The van der Waals surface area contributed by atoms with E-state index in [0.717, 1.165) is 0 Å². The molecule has 0 unspecified atom stereocenters. The molecule has 0 heterocycles. The summed E-state index contributed by atoms with van der Waals surface area (Å²) in [5.41, 5.74) is 5.02. The largest absolute Gasteiger partial charge is 0.369 e. The summed E-state index contributed by atoms with van der Waals surface area (Å²) in [7, 11) is 0. The highest BCUT2D eigenvalue weighted by Gasteiger charge is 2.08. The molecule has 0 aromatic heterocycles. The van der Waals surface area contributed by atoms with Gasteiger partial charge >= 0.3 is 0 Å². The number of nitrogens with two attached hydrogens (primary N) is 1. The lowest BCUT2D eigenvalue weighted by atomic mass is 10.2. The Bertz CT molecular complexity index is 159. The minimum Gasteiger partial charge on any atom is -0.369 e. The summed E-state index contributed by atoms with van der Waals surface area (Å²) >= 11 is 1.45. The van der Waals surface area contributed by atoms with Crippen molar-refractivity contribution in [2.75, 3.05) is 11.5 Å². The fourth-order valence-corrected chi connectivity index (χ4v) is 1.38. The van der Waals surface area contributed by atoms with Crippen LogP contribution in [0.3, 0.4) is 0 Å². The zero-order valence-electron chi connectivity index (χ0n) is 6.79. The number of carbonyl (C=O) groups excluding carboxylic acids is 2. The predicted molar refractivity (Wildman–Crippen MR) is 46.4 cm³/mol. The summed E-state index contributed by atoms with van der Waals surface area (Å²) in [5, 5.41) is 0. The molecule has 2 N–H and O–H groups in total. The van der Waals surface area contributed by atoms with Crippen molar-refractivity contribution >= 4 is 23.5 Å². The molecule has 0 saturated heterocycles. The lowest BCUT2D eigenvalue weighted by Crippen LogP contribution is -2.22. The van der Waals surface area contributed by atoms with Crippen LogP contribution in [0.2, 0.25) is 0 Å². The number of carbonyl (C=O) groups is 2. The van der Waals surface area contributed by atoms with Gasteiger partial charge in [-0.1, -0.05) is 6.92 Å². The van der Waals surface area contributed by atoms with Crippen molar-refractivity contribution in [3.8, 4) is 0 Å². The van der Waals surface area contributed by atoms with Gasteiger partial charge in [0.15, 0.2) is 0 Å². The van der Waals surface area contributed by atoms with Gasteiger partial charge in [0.2, 0.25) is 5.91 Å². The monoisotopic (exact) mass is 175 g/mol. The van der Waals surface area contributed by atoms with Crippen LogP contribution in [0.4, 0.5) is 0 Å². The summed E-state index contributed by atoms with van der Waals surface area (Å²) < 4.78 is 0. The molecule has 0 bridgehead atoms. The van der Waals surface area contributed by atoms with Crippen molar-refractivity contribution in [2.24, 2.45) is 11.7 Å². The first-order valence-electron chi connectivity index (χ1n) is 3.40. The molecule has 0 saturated carbocycles. The van der Waals surface area contributed by atoms with Gasteiger partial charge in [-0.05, 0) is 6.92 Å². The third-order valence-electron chi connectivity index (χ3n) is 1.16. The van der Waals surface area contributed by atoms with Crippen molar-refractivity contribution in [2.45, 2.75) is 13.8 Å². The summed E-state index contributed by atoms with van der Waals surface area (Å²) in [4.78, 5) is 21.0. The molecule has 0 aliphatic carbocycles. The fourth-order valence-electron chi connectivity index (χ4n) is 0.462. The third kappa shape index (κ3) is 5.91. The van der Waals surface area contributed by atoms with Gasteiger partial charge in [0.1, 0.15) is 5.78 Å². The van der Waals surface area contributed by atoms with Crippen molar-refractivity contribution < 1.29 is 9.59 Å². The Morgan fingerprint density at radius 3 is 2.45 bits per heavy atom. The Kier molecular flexibility index (Phi) is 4.94. The summed E-state index contributed by atoms with van der Waals surface area (Å²) in [6.45, 7) is 3.29. The molecule has 64 valence electrons. The average Bonchev–Trinajstić information content (AvgIpc) is 1.86. The molecule has 11 heavy (non-hydrogen) atoms. The average molecular weight is 175 g/mol. The zero-order valence-corrected chi connectivity index (χ0v) is 7.61. The van der Waals surface area contributed by atoms with E-state index in [9.17, 15) is 9.59 Å². The van der Waals surface area contributed by atoms with Gasteiger partial charge in [0, 0.05) is 11.7 Å². The number of primary amides is 1. The molecule has 0 radical (unpaired) electrons. The van der Waals surface area contributed by atoms with Crippen LogP contribution < -0.4 is 5.73 Å². The molecule has 0 fully saturated rings. The minimum atomic E-state index is -0.305. The molecule has 1 amide bonds. The number of Topliss-reactive ketones (excluding diaryl/α,β-unsaturated/α-hetero) is 1. The third-order valence-corrected chi connectivity index (χ3v) is 2.51. The molecule has 1 atom stereocenters. The topological polar surface area (TPSA) is 60.2 Å². The Balaban J connectivity index is 3.39. The van der Waals surface area contributed by atoms with Crippen LogP contribution in [0.15, 0.2) is 0 Å². The van der Waals surface area contributed by atoms with E-state index in [1.54, 1.807) is 6.92 Å². The van der Waals surface area contributed by atoms with Gasteiger partial charge in [0.05, 0.1) is 5.75 Å². The smallest absolute Gasteiger partial charge is 0.221 e. The van der Waals surface area contributed by atoms with Crippen LogP contribution in [0.5, 0.6) is 0 Å². The van der Waals surface area contributed by atoms with E-state index >= 15 is 0 Å². The van der Waals surface area contributed by atoms with Crippen molar-refractivity contribution in [1.82, 2.24) is 0 Å². The fraction of sp³-hybridized carbons (Fsp3) is 0.714. The second-order valence-corrected chi connectivity index (χ2v) is 3.55. The minimum absolute atomic E-state index is 0.131. The predicted octanol–water partition coefficient (Wildman–Crippen LogP) is 0.430. The summed E-state index contributed by atoms with van der Waals surface area (Å²) in [5.74, 6) is 0.791. The molecular formula is C7H13NO2S. The first kappa shape index (κ1) is 10.5. The number of ketones is 1. The highest BCUT2D eigenvalue weighted by atomic mass is 32.2. The molecule has 4 heteroatoms. The van der Waals surface area contributed by atoms with E-state index in [-0.39, 0.29) is 17.6 Å². The van der Waals surface area contributed by atoms with Crippen molar-refractivity contribution in [1.29, 1.82) is 0 Å². The summed E-state index contributed by atoms with van der Waals surface area (Å²) in [6.07, 6.45) is 0. The Hall–Kier alpha value is -0.510. The lowest BCUT2D eigenvalue weighted by Gasteiger charge is -2.04. The number of hydrogen-bond donors (Lipinski definition) is 1. The second-order valence-electron chi connectivity index (χ2n) is 2.52. The van der Waals surface area contributed by atoms with Crippen molar-refractivity contribution in [3.63, 3.8) is 0 Å². The molecule has 0 aromatic carbocycles. The van der Waals surface area contributed by atoms with Gasteiger partial charge in [-0.15, -0.1) is 0 Å². The molecule has 0 rings (SSSR count). The standard InChI is InChI=1S/C7H13NO2S/c1-5(7(8)10)3-11-4-6(2)9/h5H,3-4H2,1-2H3,(H2,8,10)/t5-/m0/s1. The van der Waals surface area contributed by atoms with E-state index < -0.39 is 0 Å². The van der Waals surface area contributed by atoms with Gasteiger partial charge in [-0.2, -0.15) is 11.8 Å². The number of thioether (sulfide) groups is 1. The van der Waals surface area contributed by atoms with Crippen LogP contribution in [0, 0.1) is 5.92 Å². The van der Waals surface area contributed by atoms with E-state index in [1.807, 2.05) is 0 Å². The normalized spacial score (nSPS) is 12.5. The molecule has 0 aromatic rings. The van der Waals surface area contributed by atoms with E-state index in [0.29, 0.717) is 11.5 Å². The van der Waals surface area contributed by atoms with Gasteiger partial charge < -0.3 is 5.73 Å². The SMILES string of the molecule is CC(=O)CSC[C@H](C)C(N)=O. The first-order chi connectivity index (χ1) is 5.04. The number of amides is 1. The maximum Gasteiger partial charge on any atom is 0.221 e. The Morgan fingerprint density at radius 2 is 2.09 bits per heavy atom. The van der Waals surface area contributed by atoms with Crippen LogP contribution in [-0.2, 0) is 9.59 Å². The second kappa shape index (κ2) is 5.18. The van der Waals surface area contributed by atoms with Crippen LogP contribution in [0.1, 0.15) is 13.8 Å². The van der Waals surface area contributed by atoms with E-state index in [1.165, 1.54) is 18.7 Å². The molecule has 3 nitrogen and oxygen atoms in total. The molecule has 0 spiro atoms. The maximum atomic E-state index is 10.5. The highest BCUT2D eigenvalue weighted by Crippen LogP contribution is 2.07. The van der Waals surface area contributed by atoms with E-state index in [2.05, 4.69) is 0 Å². The molecular weight excluding hydrogens is 162 g/mol. The Labute approximate surface area is 70.7 Å². The van der Waals surface area contributed by atoms with Gasteiger partial charge in [0.25, 0.3) is 0 Å².